The van der Waals surface area contributed by atoms with Crippen LogP contribution >= 0.6 is 0 Å². The fourth-order valence-electron chi connectivity index (χ4n) is 4.33. The van der Waals surface area contributed by atoms with Gasteiger partial charge in [-0.2, -0.15) is 0 Å². The molecule has 29 heavy (non-hydrogen) atoms. The molecule has 1 saturated heterocycles. The van der Waals surface area contributed by atoms with Crippen LogP contribution in [0.1, 0.15) is 37.7 Å². The number of nitro groups is 1. The molecule has 2 aliphatic heterocycles. The van der Waals surface area contributed by atoms with Gasteiger partial charge in [0, 0.05) is 60.1 Å². The van der Waals surface area contributed by atoms with Crippen LogP contribution in [0.4, 0.5) is 5.69 Å². The second-order valence-electron chi connectivity index (χ2n) is 7.52. The molecule has 1 fully saturated rings. The van der Waals surface area contributed by atoms with Gasteiger partial charge >= 0.3 is 0 Å². The molecule has 0 radical (unpaired) electrons. The van der Waals surface area contributed by atoms with E-state index in [0.717, 1.165) is 29.8 Å². The van der Waals surface area contributed by atoms with Crippen LogP contribution in [0, 0.1) is 10.1 Å². The Bertz CT molecular complexity index is 926. The van der Waals surface area contributed by atoms with Crippen molar-refractivity contribution in [3.8, 4) is 0 Å². The number of dihydropyridines is 1. The van der Waals surface area contributed by atoms with Crippen molar-refractivity contribution in [2.45, 2.75) is 32.1 Å². The lowest BCUT2D eigenvalue weighted by Crippen LogP contribution is -2.44. The second-order valence-corrected chi connectivity index (χ2v) is 7.52. The van der Waals surface area contributed by atoms with Crippen molar-refractivity contribution in [2.75, 3.05) is 26.3 Å². The van der Waals surface area contributed by atoms with E-state index >= 15 is 0 Å². The molecule has 1 atom stereocenters. The second kappa shape index (κ2) is 7.79. The van der Waals surface area contributed by atoms with E-state index in [-0.39, 0.29) is 17.4 Å². The van der Waals surface area contributed by atoms with Gasteiger partial charge in [0.25, 0.3) is 11.6 Å². The van der Waals surface area contributed by atoms with Crippen LogP contribution in [0.15, 0.2) is 46.8 Å². The highest BCUT2D eigenvalue weighted by Crippen LogP contribution is 2.43. The Kier molecular flexibility index (Phi) is 5.19. The molecule has 8 heteroatoms. The monoisotopic (exact) mass is 397 g/mol. The smallest absolute Gasteiger partial charge is 0.269 e. The van der Waals surface area contributed by atoms with Gasteiger partial charge in [0.15, 0.2) is 5.78 Å². The van der Waals surface area contributed by atoms with E-state index in [1.165, 1.54) is 12.1 Å². The van der Waals surface area contributed by atoms with Gasteiger partial charge in [-0.05, 0) is 25.3 Å². The third-order valence-corrected chi connectivity index (χ3v) is 5.74. The zero-order valence-electron chi connectivity index (χ0n) is 16.3. The maximum Gasteiger partial charge on any atom is 0.269 e. The number of nitro benzene ring substituents is 1. The molecule has 3 aliphatic rings. The number of carbonyl (C=O) groups is 2. The minimum Gasteiger partial charge on any atom is -0.378 e. The summed E-state index contributed by atoms with van der Waals surface area (Å²) in [5.74, 6) is -0.608. The third-order valence-electron chi connectivity index (χ3n) is 5.74. The molecule has 1 aliphatic carbocycles. The summed E-state index contributed by atoms with van der Waals surface area (Å²) < 4.78 is 5.36. The fourth-order valence-corrected chi connectivity index (χ4v) is 4.33. The van der Waals surface area contributed by atoms with Crippen molar-refractivity contribution in [3.05, 3.63) is 62.5 Å². The third kappa shape index (κ3) is 3.55. The predicted molar refractivity (Wildman–Crippen MR) is 105 cm³/mol. The summed E-state index contributed by atoms with van der Waals surface area (Å²) in [6.07, 6.45) is 1.97. The summed E-state index contributed by atoms with van der Waals surface area (Å²) in [7, 11) is 0. The zero-order valence-corrected chi connectivity index (χ0v) is 16.3. The number of non-ortho nitro benzene ring substituents is 1. The van der Waals surface area contributed by atoms with E-state index in [4.69, 9.17) is 4.74 Å². The molecule has 152 valence electrons. The maximum atomic E-state index is 13.4. The highest BCUT2D eigenvalue weighted by molar-refractivity contribution is 6.05. The van der Waals surface area contributed by atoms with Crippen molar-refractivity contribution >= 4 is 17.4 Å². The van der Waals surface area contributed by atoms with E-state index in [2.05, 4.69) is 5.32 Å². The lowest BCUT2D eigenvalue weighted by molar-refractivity contribution is -0.384. The number of hydrogen-bond donors (Lipinski definition) is 1. The standard InChI is InChI=1S/C21H23N3O5/c1-13-18(21(26)23-9-11-29-12-10-23)19(14-5-7-15(8-6-14)24(27)28)20-16(22-13)3-2-4-17(20)25/h5-8,19,22H,2-4,9-12H2,1H3/t19-/m1/s1. The van der Waals surface area contributed by atoms with Crippen molar-refractivity contribution in [3.63, 3.8) is 0 Å². The minimum absolute atomic E-state index is 0.0198. The number of hydrogen-bond acceptors (Lipinski definition) is 6. The Morgan fingerprint density at radius 3 is 2.55 bits per heavy atom. The van der Waals surface area contributed by atoms with E-state index in [1.807, 2.05) is 6.92 Å². The number of Topliss-reactive ketones (excluding diaryl/α,β-unsaturated/α-hetero) is 1. The van der Waals surface area contributed by atoms with Crippen LogP contribution in [-0.2, 0) is 14.3 Å². The number of benzene rings is 1. The van der Waals surface area contributed by atoms with Crippen molar-refractivity contribution < 1.29 is 19.2 Å². The van der Waals surface area contributed by atoms with E-state index in [0.29, 0.717) is 43.9 Å². The normalized spacial score (nSPS) is 22.3. The van der Waals surface area contributed by atoms with Gasteiger partial charge in [0.1, 0.15) is 0 Å². The van der Waals surface area contributed by atoms with Crippen molar-refractivity contribution in [2.24, 2.45) is 0 Å². The molecule has 0 aromatic heterocycles. The summed E-state index contributed by atoms with van der Waals surface area (Å²) in [6, 6.07) is 6.16. The van der Waals surface area contributed by atoms with Crippen LogP contribution in [0.25, 0.3) is 0 Å². The first-order valence-electron chi connectivity index (χ1n) is 9.82. The SMILES string of the molecule is CC1=C(C(=O)N2CCOCC2)[C@@H](c2ccc([N+](=O)[O-])cc2)C2=C(CCCC2=O)N1. The molecule has 4 rings (SSSR count). The summed E-state index contributed by atoms with van der Waals surface area (Å²) in [5, 5.41) is 14.3. The number of allylic oxidation sites excluding steroid dienone is 3. The van der Waals surface area contributed by atoms with Crippen molar-refractivity contribution in [1.29, 1.82) is 0 Å². The van der Waals surface area contributed by atoms with Gasteiger partial charge in [-0.1, -0.05) is 12.1 Å². The predicted octanol–water partition coefficient (Wildman–Crippen LogP) is 2.42. The number of nitrogens with zero attached hydrogens (tertiary/aromatic N) is 2. The molecule has 1 amide bonds. The van der Waals surface area contributed by atoms with Crippen LogP contribution in [0.5, 0.6) is 0 Å². The average Bonchev–Trinajstić information content (AvgIpc) is 2.73. The Morgan fingerprint density at radius 1 is 1.21 bits per heavy atom. The number of morpholine rings is 1. The lowest BCUT2D eigenvalue weighted by atomic mass is 9.75. The Balaban J connectivity index is 1.80. The zero-order chi connectivity index (χ0) is 20.5. The summed E-state index contributed by atoms with van der Waals surface area (Å²) in [5.41, 5.74) is 3.45. The topological polar surface area (TPSA) is 102 Å². The van der Waals surface area contributed by atoms with E-state index in [1.54, 1.807) is 17.0 Å². The van der Waals surface area contributed by atoms with E-state index in [9.17, 15) is 19.7 Å². The van der Waals surface area contributed by atoms with Crippen molar-refractivity contribution in [1.82, 2.24) is 10.2 Å². The number of rotatable bonds is 3. The molecule has 0 saturated carbocycles. The molecule has 0 unspecified atom stereocenters. The molecule has 2 heterocycles. The molecule has 0 bridgehead atoms. The molecule has 1 aromatic carbocycles. The van der Waals surface area contributed by atoms with E-state index < -0.39 is 10.8 Å². The molecular weight excluding hydrogens is 374 g/mol. The Morgan fingerprint density at radius 2 is 1.90 bits per heavy atom. The summed E-state index contributed by atoms with van der Waals surface area (Å²) in [6.45, 7) is 3.83. The summed E-state index contributed by atoms with van der Waals surface area (Å²) >= 11 is 0. The molecule has 1 N–H and O–H groups in total. The highest BCUT2D eigenvalue weighted by atomic mass is 16.6. The fraction of sp³-hybridized carbons (Fsp3) is 0.429. The first kappa shape index (κ1) is 19.3. The average molecular weight is 397 g/mol. The number of amides is 1. The first-order chi connectivity index (χ1) is 14.0. The number of ether oxygens (including phenoxy) is 1. The molecule has 1 aromatic rings. The van der Waals surface area contributed by atoms with Crippen LogP contribution in [0.3, 0.4) is 0 Å². The van der Waals surface area contributed by atoms with Gasteiger partial charge in [0.2, 0.25) is 0 Å². The van der Waals surface area contributed by atoms with Gasteiger partial charge < -0.3 is 15.0 Å². The van der Waals surface area contributed by atoms with Gasteiger partial charge in [0.05, 0.1) is 18.1 Å². The van der Waals surface area contributed by atoms with Crippen LogP contribution in [0.2, 0.25) is 0 Å². The Hall–Kier alpha value is -3.00. The van der Waals surface area contributed by atoms with Gasteiger partial charge in [-0.25, -0.2) is 0 Å². The van der Waals surface area contributed by atoms with Gasteiger partial charge in [-0.3, -0.25) is 19.7 Å². The lowest BCUT2D eigenvalue weighted by Gasteiger charge is -2.37. The maximum absolute atomic E-state index is 13.4. The molecular formula is C21H23N3O5. The number of nitrogens with one attached hydrogen (secondary N) is 1. The molecule has 8 nitrogen and oxygen atoms in total. The Labute approximate surface area is 168 Å². The molecule has 0 spiro atoms. The number of ketones is 1. The summed E-state index contributed by atoms with van der Waals surface area (Å²) in [4.78, 5) is 38.6. The quantitative estimate of drug-likeness (QED) is 0.621. The van der Waals surface area contributed by atoms with Crippen LogP contribution < -0.4 is 5.32 Å². The first-order valence-corrected chi connectivity index (χ1v) is 9.82. The largest absolute Gasteiger partial charge is 0.378 e. The van der Waals surface area contributed by atoms with Crippen LogP contribution in [-0.4, -0.2) is 47.8 Å². The minimum atomic E-state index is -0.518. The highest BCUT2D eigenvalue weighted by Gasteiger charge is 2.40. The van der Waals surface area contributed by atoms with Gasteiger partial charge in [-0.15, -0.1) is 0 Å². The number of carbonyl (C=O) groups excluding carboxylic acids is 2.